The van der Waals surface area contributed by atoms with Crippen molar-refractivity contribution in [3.8, 4) is 0 Å². The predicted molar refractivity (Wildman–Crippen MR) is 111 cm³/mol. The molecular weight excluding hydrogens is 472 g/mol. The molecule has 0 spiro atoms. The lowest BCUT2D eigenvalue weighted by atomic mass is 9.88. The Morgan fingerprint density at radius 1 is 1.19 bits per heavy atom. The third-order valence-electron chi connectivity index (χ3n) is 5.87. The second kappa shape index (κ2) is 8.94. The summed E-state index contributed by atoms with van der Waals surface area (Å²) in [6.45, 7) is 1.26. The van der Waals surface area contributed by atoms with Crippen molar-refractivity contribution in [2.24, 2.45) is 0 Å². The fraction of sp³-hybridized carbons (Fsp3) is 0.476. The van der Waals surface area contributed by atoms with Gasteiger partial charge in [0.2, 0.25) is 0 Å². The van der Waals surface area contributed by atoms with E-state index in [1.54, 1.807) is 5.32 Å². The van der Waals surface area contributed by atoms with E-state index < -0.39 is 41.1 Å². The number of amides is 2. The van der Waals surface area contributed by atoms with Crippen LogP contribution in [0.4, 0.5) is 13.2 Å². The van der Waals surface area contributed by atoms with Crippen LogP contribution < -0.4 is 5.32 Å². The minimum Gasteiger partial charge on any atom is -0.466 e. The molecule has 2 amide bonds. The second-order valence-electron chi connectivity index (χ2n) is 7.75. The van der Waals surface area contributed by atoms with E-state index in [-0.39, 0.29) is 21.3 Å². The SMILES string of the molecule is COC(=O)C1=C(C)N(C2CCCCC2)C(=O)[C@@]1(NC(=O)c1ccc(Cl)cc1Cl)C(F)(F)F. The lowest BCUT2D eigenvalue weighted by molar-refractivity contribution is -0.193. The Kier molecular flexibility index (Phi) is 6.81. The number of ether oxygens (including phenoxy) is 1. The minimum atomic E-state index is -5.34. The van der Waals surface area contributed by atoms with Gasteiger partial charge >= 0.3 is 12.1 Å². The van der Waals surface area contributed by atoms with Gasteiger partial charge in [-0.15, -0.1) is 0 Å². The van der Waals surface area contributed by atoms with Gasteiger partial charge in [0.15, 0.2) is 0 Å². The van der Waals surface area contributed by atoms with Crippen molar-refractivity contribution in [1.82, 2.24) is 10.2 Å². The summed E-state index contributed by atoms with van der Waals surface area (Å²) >= 11 is 11.8. The molecule has 1 fully saturated rings. The first kappa shape index (κ1) is 24.4. The van der Waals surface area contributed by atoms with Crippen LogP contribution in [0.25, 0.3) is 0 Å². The molecule has 1 saturated carbocycles. The molecule has 3 rings (SSSR count). The van der Waals surface area contributed by atoms with Crippen molar-refractivity contribution in [2.45, 2.75) is 56.8 Å². The van der Waals surface area contributed by atoms with Crippen LogP contribution >= 0.6 is 23.2 Å². The van der Waals surface area contributed by atoms with Crippen molar-refractivity contribution in [2.75, 3.05) is 7.11 Å². The van der Waals surface area contributed by atoms with E-state index in [9.17, 15) is 27.6 Å². The summed E-state index contributed by atoms with van der Waals surface area (Å²) in [5.74, 6) is -4.07. The number of halogens is 5. The van der Waals surface area contributed by atoms with Gasteiger partial charge in [0.25, 0.3) is 17.4 Å². The van der Waals surface area contributed by atoms with Crippen LogP contribution in [0.1, 0.15) is 49.4 Å². The maximum Gasteiger partial charge on any atom is 0.425 e. The van der Waals surface area contributed by atoms with Crippen LogP contribution in [0.15, 0.2) is 29.5 Å². The minimum absolute atomic E-state index is 0.170. The molecule has 11 heteroatoms. The van der Waals surface area contributed by atoms with Crippen LogP contribution in [0.3, 0.4) is 0 Å². The van der Waals surface area contributed by atoms with E-state index in [4.69, 9.17) is 23.2 Å². The highest BCUT2D eigenvalue weighted by Gasteiger charge is 2.71. The van der Waals surface area contributed by atoms with Gasteiger partial charge in [0, 0.05) is 16.8 Å². The van der Waals surface area contributed by atoms with Gasteiger partial charge in [-0.1, -0.05) is 42.5 Å². The lowest BCUT2D eigenvalue weighted by Gasteiger charge is -2.36. The molecule has 1 atom stereocenters. The van der Waals surface area contributed by atoms with Crippen LogP contribution in [0.2, 0.25) is 10.0 Å². The first-order valence-corrected chi connectivity index (χ1v) is 10.7. The number of allylic oxidation sites excluding steroid dienone is 1. The first-order valence-electron chi connectivity index (χ1n) is 9.93. The third kappa shape index (κ3) is 3.96. The highest BCUT2D eigenvalue weighted by atomic mass is 35.5. The van der Waals surface area contributed by atoms with E-state index in [2.05, 4.69) is 4.74 Å². The molecule has 174 valence electrons. The third-order valence-corrected chi connectivity index (χ3v) is 6.42. The Hall–Kier alpha value is -2.26. The maximum atomic E-state index is 14.6. The van der Waals surface area contributed by atoms with Gasteiger partial charge in [-0.2, -0.15) is 13.2 Å². The van der Waals surface area contributed by atoms with Gasteiger partial charge < -0.3 is 15.0 Å². The summed E-state index contributed by atoms with van der Waals surface area (Å²) in [4.78, 5) is 39.8. The molecule has 6 nitrogen and oxygen atoms in total. The van der Waals surface area contributed by atoms with Crippen molar-refractivity contribution in [1.29, 1.82) is 0 Å². The van der Waals surface area contributed by atoms with Gasteiger partial charge in [-0.25, -0.2) is 4.79 Å². The Balaban J connectivity index is 2.16. The molecular formula is C21H21Cl2F3N2O4. The summed E-state index contributed by atoms with van der Waals surface area (Å²) in [6, 6.07) is 3.08. The molecule has 1 aromatic rings. The van der Waals surface area contributed by atoms with Crippen LogP contribution in [-0.4, -0.2) is 47.6 Å². The first-order chi connectivity index (χ1) is 15.0. The van der Waals surface area contributed by atoms with E-state index in [0.29, 0.717) is 12.8 Å². The van der Waals surface area contributed by atoms with E-state index in [0.717, 1.165) is 37.3 Å². The number of rotatable bonds is 4. The highest BCUT2D eigenvalue weighted by Crippen LogP contribution is 2.47. The monoisotopic (exact) mass is 492 g/mol. The zero-order valence-corrected chi connectivity index (χ0v) is 18.8. The van der Waals surface area contributed by atoms with Crippen molar-refractivity contribution in [3.63, 3.8) is 0 Å². The molecule has 0 unspecified atom stereocenters. The van der Waals surface area contributed by atoms with E-state index in [1.165, 1.54) is 19.1 Å². The summed E-state index contributed by atoms with van der Waals surface area (Å²) in [6.07, 6.45) is -1.98. The zero-order valence-electron chi connectivity index (χ0n) is 17.3. The highest BCUT2D eigenvalue weighted by molar-refractivity contribution is 6.36. The van der Waals surface area contributed by atoms with Crippen LogP contribution in [-0.2, 0) is 14.3 Å². The topological polar surface area (TPSA) is 75.7 Å². The van der Waals surface area contributed by atoms with Crippen molar-refractivity contribution in [3.05, 3.63) is 45.1 Å². The number of nitrogens with one attached hydrogen (secondary N) is 1. The summed E-state index contributed by atoms with van der Waals surface area (Å²) in [5, 5.41) is 1.75. The van der Waals surface area contributed by atoms with E-state index in [1.807, 2.05) is 0 Å². The molecule has 0 aromatic heterocycles. The molecule has 1 aromatic carbocycles. The van der Waals surface area contributed by atoms with Gasteiger partial charge in [0.05, 0.1) is 17.7 Å². The number of esters is 1. The molecule has 1 aliphatic carbocycles. The Labute approximate surface area is 192 Å². The molecule has 1 heterocycles. The summed E-state index contributed by atoms with van der Waals surface area (Å²) in [7, 11) is 0.912. The summed E-state index contributed by atoms with van der Waals surface area (Å²) < 4.78 is 48.4. The number of benzene rings is 1. The number of carbonyl (C=O) groups excluding carboxylic acids is 3. The largest absolute Gasteiger partial charge is 0.466 e. The van der Waals surface area contributed by atoms with Crippen molar-refractivity contribution < 1.29 is 32.3 Å². The fourth-order valence-electron chi connectivity index (χ4n) is 4.37. The Bertz CT molecular complexity index is 990. The number of hydrogen-bond acceptors (Lipinski definition) is 4. The fourth-order valence-corrected chi connectivity index (χ4v) is 4.87. The normalized spacial score (nSPS) is 22.3. The van der Waals surface area contributed by atoms with Crippen molar-refractivity contribution >= 4 is 41.0 Å². The summed E-state index contributed by atoms with van der Waals surface area (Å²) in [5.41, 5.74) is -5.08. The molecule has 32 heavy (non-hydrogen) atoms. The van der Waals surface area contributed by atoms with Gasteiger partial charge in [-0.05, 0) is 38.0 Å². The number of alkyl halides is 3. The Morgan fingerprint density at radius 3 is 2.34 bits per heavy atom. The molecule has 0 bridgehead atoms. The molecule has 2 aliphatic rings. The molecule has 1 aliphatic heterocycles. The molecule has 1 N–H and O–H groups in total. The number of nitrogens with zero attached hydrogens (tertiary/aromatic N) is 1. The standard InChI is InChI=1S/C21H21Cl2F3N2O4/c1-11-16(18(30)32-2)20(21(24,25)26,19(31)28(11)13-6-4-3-5-7-13)27-17(29)14-9-8-12(22)10-15(14)23/h8-10,13H,3-7H2,1-2H3,(H,27,29)/t20-/m1/s1. The maximum absolute atomic E-state index is 14.6. The lowest BCUT2D eigenvalue weighted by Crippen LogP contribution is -2.66. The molecule has 0 radical (unpaired) electrons. The van der Waals surface area contributed by atoms with Gasteiger partial charge in [0.1, 0.15) is 5.57 Å². The number of methoxy groups -OCH3 is 1. The predicted octanol–water partition coefficient (Wildman–Crippen LogP) is 4.65. The van der Waals surface area contributed by atoms with Gasteiger partial charge in [-0.3, -0.25) is 9.59 Å². The Morgan fingerprint density at radius 2 is 1.81 bits per heavy atom. The van der Waals surface area contributed by atoms with Crippen LogP contribution in [0, 0.1) is 0 Å². The molecule has 0 saturated heterocycles. The van der Waals surface area contributed by atoms with E-state index >= 15 is 0 Å². The average Bonchev–Trinajstić information content (AvgIpc) is 2.95. The van der Waals surface area contributed by atoms with Crippen LogP contribution in [0.5, 0.6) is 0 Å². The number of carbonyl (C=O) groups is 3. The smallest absolute Gasteiger partial charge is 0.425 e. The second-order valence-corrected chi connectivity index (χ2v) is 8.59. The zero-order chi connectivity index (χ0) is 23.8. The average molecular weight is 493 g/mol. The quantitative estimate of drug-likeness (QED) is 0.620. The number of hydrogen-bond donors (Lipinski definition) is 1.